The first-order valence-electron chi connectivity index (χ1n) is 9.02. The normalized spacial score (nSPS) is 10.7. The Bertz CT molecular complexity index is 1080. The van der Waals surface area contributed by atoms with Gasteiger partial charge >= 0.3 is 0 Å². The molecule has 0 saturated heterocycles. The predicted molar refractivity (Wildman–Crippen MR) is 119 cm³/mol. The fourth-order valence-electron chi connectivity index (χ4n) is 2.61. The summed E-state index contributed by atoms with van der Waals surface area (Å²) < 4.78 is 17.2. The van der Waals surface area contributed by atoms with E-state index >= 15 is 0 Å². The maximum Gasteiger partial charge on any atom is 0.277 e. The number of halogens is 1. The maximum atomic E-state index is 12.1. The molecule has 1 N–H and O–H groups in total. The molecule has 30 heavy (non-hydrogen) atoms. The molecule has 8 heteroatoms. The number of fused-ring (bicyclic) bond motifs is 1. The number of hydrogen-bond acceptors (Lipinski definition) is 6. The molecule has 1 amide bonds. The van der Waals surface area contributed by atoms with E-state index in [-0.39, 0.29) is 6.61 Å². The molecule has 3 rings (SSSR count). The Morgan fingerprint density at radius 2 is 2.03 bits per heavy atom. The first kappa shape index (κ1) is 21.3. The Morgan fingerprint density at radius 1 is 1.20 bits per heavy atom. The Kier molecular flexibility index (Phi) is 7.40. The third-order valence-corrected chi connectivity index (χ3v) is 4.67. The van der Waals surface area contributed by atoms with E-state index < -0.39 is 5.91 Å². The van der Waals surface area contributed by atoms with E-state index in [2.05, 4.69) is 38.0 Å². The highest BCUT2D eigenvalue weighted by Gasteiger charge is 2.10. The molecule has 0 saturated carbocycles. The monoisotopic (exact) mass is 469 g/mol. The summed E-state index contributed by atoms with van der Waals surface area (Å²) in [5, 5.41) is 4.92. The van der Waals surface area contributed by atoms with Crippen molar-refractivity contribution >= 4 is 39.0 Å². The number of nitrogens with one attached hydrogen (secondary N) is 1. The number of methoxy groups -OCH3 is 1. The third kappa shape index (κ3) is 5.36. The molecule has 0 radical (unpaired) electrons. The van der Waals surface area contributed by atoms with Gasteiger partial charge in [-0.25, -0.2) is 5.43 Å². The molecule has 0 unspecified atom stereocenters. The molecule has 2 aromatic carbocycles. The quantitative estimate of drug-likeness (QED) is 0.289. The molecular formula is C22H20BrN3O4. The van der Waals surface area contributed by atoms with Crippen LogP contribution in [0.25, 0.3) is 10.9 Å². The number of carbonyl (C=O) groups excluding carboxylic acids is 1. The lowest BCUT2D eigenvalue weighted by Crippen LogP contribution is -2.24. The number of ether oxygens (including phenoxy) is 3. The number of para-hydroxylation sites is 1. The lowest BCUT2D eigenvalue weighted by atomic mass is 10.2. The Labute approximate surface area is 182 Å². The summed E-state index contributed by atoms with van der Waals surface area (Å²) in [5.41, 5.74) is 3.85. The molecule has 0 aliphatic heterocycles. The second kappa shape index (κ2) is 10.4. The Morgan fingerprint density at radius 3 is 2.83 bits per heavy atom. The molecule has 3 aromatic rings. The average molecular weight is 470 g/mol. The largest absolute Gasteiger partial charge is 0.493 e. The van der Waals surface area contributed by atoms with Crippen LogP contribution in [0.1, 0.15) is 5.56 Å². The number of hydrazone groups is 1. The number of rotatable bonds is 9. The molecule has 0 fully saturated rings. The first-order chi connectivity index (χ1) is 14.6. The number of carbonyl (C=O) groups is 1. The van der Waals surface area contributed by atoms with Crippen molar-refractivity contribution in [2.24, 2.45) is 5.10 Å². The van der Waals surface area contributed by atoms with Crippen LogP contribution >= 0.6 is 15.9 Å². The van der Waals surface area contributed by atoms with Gasteiger partial charge < -0.3 is 14.2 Å². The van der Waals surface area contributed by atoms with Crippen LogP contribution in [0.3, 0.4) is 0 Å². The van der Waals surface area contributed by atoms with Crippen molar-refractivity contribution < 1.29 is 19.0 Å². The number of benzene rings is 2. The second-order valence-electron chi connectivity index (χ2n) is 6.04. The van der Waals surface area contributed by atoms with E-state index in [0.29, 0.717) is 34.9 Å². The van der Waals surface area contributed by atoms with Gasteiger partial charge in [0.05, 0.1) is 13.3 Å². The molecule has 1 heterocycles. The highest BCUT2D eigenvalue weighted by atomic mass is 79.9. The minimum absolute atomic E-state index is 0.189. The smallest absolute Gasteiger partial charge is 0.277 e. The lowest BCUT2D eigenvalue weighted by Gasteiger charge is -2.11. The average Bonchev–Trinajstić information content (AvgIpc) is 2.77. The summed E-state index contributed by atoms with van der Waals surface area (Å²) in [7, 11) is 1.55. The van der Waals surface area contributed by atoms with Crippen molar-refractivity contribution in [3.8, 4) is 17.2 Å². The van der Waals surface area contributed by atoms with Gasteiger partial charge in [0.15, 0.2) is 18.1 Å². The summed E-state index contributed by atoms with van der Waals surface area (Å²) in [6.45, 7) is 3.80. The maximum absolute atomic E-state index is 12.1. The molecule has 154 valence electrons. The highest BCUT2D eigenvalue weighted by Crippen LogP contribution is 2.33. The fraction of sp³-hybridized carbons (Fsp3) is 0.136. The molecule has 0 aliphatic carbocycles. The van der Waals surface area contributed by atoms with E-state index in [1.165, 1.54) is 6.21 Å². The van der Waals surface area contributed by atoms with E-state index in [0.717, 1.165) is 9.86 Å². The van der Waals surface area contributed by atoms with E-state index in [9.17, 15) is 4.79 Å². The van der Waals surface area contributed by atoms with Crippen LogP contribution in [0.4, 0.5) is 0 Å². The zero-order valence-corrected chi connectivity index (χ0v) is 17.9. The van der Waals surface area contributed by atoms with Crippen LogP contribution in [0.5, 0.6) is 17.2 Å². The van der Waals surface area contributed by atoms with Crippen LogP contribution in [0.2, 0.25) is 0 Å². The van der Waals surface area contributed by atoms with Crippen molar-refractivity contribution in [2.45, 2.75) is 0 Å². The van der Waals surface area contributed by atoms with Gasteiger partial charge in [-0.1, -0.05) is 30.9 Å². The van der Waals surface area contributed by atoms with Crippen molar-refractivity contribution in [3.05, 3.63) is 71.4 Å². The summed E-state index contributed by atoms with van der Waals surface area (Å²) in [4.78, 5) is 16.4. The van der Waals surface area contributed by atoms with Gasteiger partial charge in [0.25, 0.3) is 5.91 Å². The molecule has 0 atom stereocenters. The summed E-state index contributed by atoms with van der Waals surface area (Å²) >= 11 is 3.46. The number of nitrogens with zero attached hydrogens (tertiary/aromatic N) is 2. The molecule has 1 aromatic heterocycles. The zero-order chi connectivity index (χ0) is 21.3. The van der Waals surface area contributed by atoms with Crippen LogP contribution in [-0.2, 0) is 4.79 Å². The fourth-order valence-corrected chi connectivity index (χ4v) is 3.04. The summed E-state index contributed by atoms with van der Waals surface area (Å²) in [5.74, 6) is 1.25. The molecule has 0 aliphatic rings. The Balaban J connectivity index is 1.61. The number of hydrogen-bond donors (Lipinski definition) is 1. The van der Waals surface area contributed by atoms with Gasteiger partial charge in [-0.15, -0.1) is 0 Å². The SMILES string of the molecule is C=CCOc1cc(Br)c(C=NNC(=O)COc2cccc3cccnc23)cc1OC. The molecule has 0 spiro atoms. The van der Waals surface area contributed by atoms with Crippen molar-refractivity contribution in [2.75, 3.05) is 20.3 Å². The predicted octanol–water partition coefficient (Wildman–Crippen LogP) is 4.10. The number of pyridine rings is 1. The Hall–Kier alpha value is -3.39. The zero-order valence-electron chi connectivity index (χ0n) is 16.3. The number of aromatic nitrogens is 1. The van der Waals surface area contributed by atoms with Crippen LogP contribution in [0, 0.1) is 0 Å². The highest BCUT2D eigenvalue weighted by molar-refractivity contribution is 9.10. The van der Waals surface area contributed by atoms with Crippen LogP contribution in [-0.4, -0.2) is 37.4 Å². The minimum atomic E-state index is -0.395. The van der Waals surface area contributed by atoms with Gasteiger partial charge in [0, 0.05) is 21.6 Å². The van der Waals surface area contributed by atoms with Crippen molar-refractivity contribution in [3.63, 3.8) is 0 Å². The standard InChI is InChI=1S/C22H20BrN3O4/c1-3-10-29-20-12-17(23)16(11-19(20)28-2)13-25-26-21(27)14-30-18-8-4-6-15-7-5-9-24-22(15)18/h3-9,11-13H,1,10,14H2,2H3,(H,26,27). The van der Waals surface area contributed by atoms with Gasteiger partial charge in [-0.2, -0.15) is 5.10 Å². The van der Waals surface area contributed by atoms with E-state index in [1.807, 2.05) is 24.3 Å². The second-order valence-corrected chi connectivity index (χ2v) is 6.89. The summed E-state index contributed by atoms with van der Waals surface area (Å²) in [6, 6.07) is 12.8. The summed E-state index contributed by atoms with van der Waals surface area (Å²) in [6.07, 6.45) is 4.83. The first-order valence-corrected chi connectivity index (χ1v) is 9.81. The van der Waals surface area contributed by atoms with E-state index in [4.69, 9.17) is 14.2 Å². The number of amides is 1. The van der Waals surface area contributed by atoms with Crippen molar-refractivity contribution in [1.82, 2.24) is 10.4 Å². The third-order valence-electron chi connectivity index (χ3n) is 3.99. The molecule has 7 nitrogen and oxygen atoms in total. The minimum Gasteiger partial charge on any atom is -0.493 e. The topological polar surface area (TPSA) is 82.0 Å². The van der Waals surface area contributed by atoms with Crippen LogP contribution < -0.4 is 19.6 Å². The van der Waals surface area contributed by atoms with Crippen molar-refractivity contribution in [1.29, 1.82) is 0 Å². The van der Waals surface area contributed by atoms with E-state index in [1.54, 1.807) is 37.6 Å². The van der Waals surface area contributed by atoms with Gasteiger partial charge in [0.1, 0.15) is 17.9 Å². The van der Waals surface area contributed by atoms with Gasteiger partial charge in [-0.3, -0.25) is 9.78 Å². The molecule has 0 bridgehead atoms. The van der Waals surface area contributed by atoms with Gasteiger partial charge in [0.2, 0.25) is 0 Å². The van der Waals surface area contributed by atoms with Crippen LogP contribution in [0.15, 0.2) is 70.9 Å². The lowest BCUT2D eigenvalue weighted by molar-refractivity contribution is -0.123. The van der Waals surface area contributed by atoms with Gasteiger partial charge in [-0.05, 0) is 40.2 Å². The molecular weight excluding hydrogens is 450 g/mol.